The first-order valence-corrected chi connectivity index (χ1v) is 11.1. The summed E-state index contributed by atoms with van der Waals surface area (Å²) in [5.41, 5.74) is 3.74. The van der Waals surface area contributed by atoms with E-state index < -0.39 is 8.01 Å². The van der Waals surface area contributed by atoms with Gasteiger partial charge in [-0.25, -0.2) is 0 Å². The molecule has 0 bridgehead atoms. The second-order valence-corrected chi connectivity index (χ2v) is 10.5. The molecule has 0 aliphatic rings. The normalized spacial score (nSPS) is 12.5. The van der Waals surface area contributed by atoms with Gasteiger partial charge in [-0.3, -0.25) is 0 Å². The number of ether oxygens (including phenoxy) is 2. The summed E-state index contributed by atoms with van der Waals surface area (Å²) in [5, 5.41) is 1.96. The van der Waals surface area contributed by atoms with Gasteiger partial charge in [0, 0.05) is 28.6 Å². The quantitative estimate of drug-likeness (QED) is 0.447. The minimum atomic E-state index is -1.13. The van der Waals surface area contributed by atoms with Crippen molar-refractivity contribution < 1.29 is 17.9 Å². The van der Waals surface area contributed by atoms with Crippen LogP contribution in [0, 0.1) is 0 Å². The van der Waals surface area contributed by atoms with Crippen LogP contribution in [0.5, 0.6) is 11.5 Å². The molecule has 1 heterocycles. The fourth-order valence-electron chi connectivity index (χ4n) is 3.43. The largest absolute Gasteiger partial charge is 0.497 e. The molecule has 1 aromatic heterocycles. The number of hydrogen-bond donors (Lipinski definition) is 0. The Labute approximate surface area is 168 Å². The molecule has 0 saturated carbocycles. The molecular weight excluding hydrogens is 371 g/mol. The Morgan fingerprint density at radius 3 is 1.32 bits per heavy atom. The first-order valence-electron chi connectivity index (χ1n) is 9.50. The van der Waals surface area contributed by atoms with Crippen LogP contribution in [0.15, 0.2) is 32.7 Å². The highest BCUT2D eigenvalue weighted by Crippen LogP contribution is 2.44. The van der Waals surface area contributed by atoms with Gasteiger partial charge < -0.3 is 17.9 Å². The van der Waals surface area contributed by atoms with E-state index in [1.807, 2.05) is 18.8 Å². The van der Waals surface area contributed by atoms with E-state index in [9.17, 15) is 0 Å². The monoisotopic (exact) mass is 402 g/mol. The number of aryl methyl sites for hydroxylation is 1. The highest BCUT2D eigenvalue weighted by Gasteiger charge is 2.25. The number of rotatable bonds is 2. The smallest absolute Gasteiger partial charge is 0.213 e. The molecule has 0 unspecified atom stereocenters. The van der Waals surface area contributed by atoms with E-state index in [0.29, 0.717) is 0 Å². The summed E-state index contributed by atoms with van der Waals surface area (Å²) in [6.45, 7) is 15.1. The maximum Gasteiger partial charge on any atom is 0.213 e. The third-order valence-corrected chi connectivity index (χ3v) is 5.82. The predicted molar refractivity (Wildman–Crippen MR) is 118 cm³/mol. The highest BCUT2D eigenvalue weighted by atomic mass is 31.1. The maximum absolute atomic E-state index is 6.38. The lowest BCUT2D eigenvalue weighted by molar-refractivity contribution is 0.413. The number of methoxy groups -OCH3 is 2. The van der Waals surface area contributed by atoms with E-state index in [1.165, 1.54) is 0 Å². The Balaban J connectivity index is 2.67. The van der Waals surface area contributed by atoms with Crippen molar-refractivity contribution in [3.05, 3.63) is 35.4 Å². The molecule has 3 rings (SSSR count). The average Bonchev–Trinajstić information content (AvgIpc) is 2.73. The third kappa shape index (κ3) is 3.75. The molecule has 4 nitrogen and oxygen atoms in total. The van der Waals surface area contributed by atoms with Gasteiger partial charge in [-0.2, -0.15) is 0 Å². The van der Waals surface area contributed by atoms with E-state index in [-0.39, 0.29) is 10.8 Å². The molecule has 0 N–H and O–H groups in total. The average molecular weight is 402 g/mol. The molecular formula is C23H31O4P. The summed E-state index contributed by atoms with van der Waals surface area (Å²) in [6, 6.07) is 8.20. The minimum absolute atomic E-state index is 0.106. The van der Waals surface area contributed by atoms with E-state index in [4.69, 9.17) is 17.9 Å². The Morgan fingerprint density at radius 1 is 0.679 bits per heavy atom. The van der Waals surface area contributed by atoms with E-state index in [1.54, 1.807) is 14.2 Å². The van der Waals surface area contributed by atoms with Gasteiger partial charge in [-0.15, -0.1) is 0 Å². The molecule has 0 saturated heterocycles. The highest BCUT2D eigenvalue weighted by molar-refractivity contribution is 7.35. The standard InChI is InChI=1S/C23H31O4P/c1-22(2,3)18-12-14(24-7)10-16-17-11-15(25-8)13-19(23(4,5)6)21(17)27-28(9)26-20(16)18/h10-13H,1-9H3. The lowest BCUT2D eigenvalue weighted by Crippen LogP contribution is -2.12. The molecule has 152 valence electrons. The molecule has 0 spiro atoms. The fraction of sp³-hybridized carbons (Fsp3) is 0.478. The van der Waals surface area contributed by atoms with E-state index in [0.717, 1.165) is 44.6 Å². The summed E-state index contributed by atoms with van der Waals surface area (Å²) in [5.74, 6) is 1.61. The summed E-state index contributed by atoms with van der Waals surface area (Å²) < 4.78 is 24.0. The molecule has 0 fully saturated rings. The van der Waals surface area contributed by atoms with Gasteiger partial charge >= 0.3 is 0 Å². The van der Waals surface area contributed by atoms with Crippen LogP contribution in [-0.2, 0) is 17.5 Å². The van der Waals surface area contributed by atoms with Crippen molar-refractivity contribution in [2.45, 2.75) is 52.4 Å². The second-order valence-electron chi connectivity index (χ2n) is 9.23. The molecule has 0 aliphatic carbocycles. The molecule has 0 aliphatic heterocycles. The van der Waals surface area contributed by atoms with E-state index >= 15 is 0 Å². The first kappa shape index (κ1) is 20.7. The number of benzene rings is 2. The first-order chi connectivity index (χ1) is 13.0. The zero-order valence-electron chi connectivity index (χ0n) is 18.4. The van der Waals surface area contributed by atoms with Crippen LogP contribution in [0.1, 0.15) is 52.7 Å². The van der Waals surface area contributed by atoms with Crippen molar-refractivity contribution >= 4 is 30.0 Å². The van der Waals surface area contributed by atoms with Crippen LogP contribution in [0.2, 0.25) is 0 Å². The van der Waals surface area contributed by atoms with Crippen molar-refractivity contribution in [3.8, 4) is 11.5 Å². The minimum Gasteiger partial charge on any atom is -0.497 e. The molecule has 5 heteroatoms. The molecule has 2 aromatic carbocycles. The van der Waals surface area contributed by atoms with Crippen LogP contribution in [0.3, 0.4) is 0 Å². The third-order valence-electron chi connectivity index (χ3n) is 4.94. The second kappa shape index (κ2) is 7.08. The molecule has 0 amide bonds. The SMILES string of the molecule is COc1cc(C(C)(C)C)c2op(C)oc3c(C(C)(C)C)cc(OC)cc3c2c1. The summed E-state index contributed by atoms with van der Waals surface area (Å²) in [7, 11) is 2.27. The zero-order valence-corrected chi connectivity index (χ0v) is 19.3. The zero-order chi connectivity index (χ0) is 20.9. The number of hydrogen-bond acceptors (Lipinski definition) is 4. The van der Waals surface area contributed by atoms with Crippen molar-refractivity contribution in [1.82, 2.24) is 0 Å². The fourth-order valence-corrected chi connectivity index (χ4v) is 4.37. The lowest BCUT2D eigenvalue weighted by atomic mass is 9.84. The van der Waals surface area contributed by atoms with Crippen LogP contribution in [-0.4, -0.2) is 14.2 Å². The van der Waals surface area contributed by atoms with Gasteiger partial charge in [0.15, 0.2) is 0 Å². The van der Waals surface area contributed by atoms with Crippen LogP contribution >= 0.6 is 8.01 Å². The molecule has 0 radical (unpaired) electrons. The summed E-state index contributed by atoms with van der Waals surface area (Å²) in [4.78, 5) is 0. The van der Waals surface area contributed by atoms with Gasteiger partial charge in [0.2, 0.25) is 8.01 Å². The van der Waals surface area contributed by atoms with Gasteiger partial charge in [0.05, 0.1) is 14.2 Å². The van der Waals surface area contributed by atoms with Crippen LogP contribution < -0.4 is 9.47 Å². The van der Waals surface area contributed by atoms with Crippen LogP contribution in [0.25, 0.3) is 21.9 Å². The Kier molecular flexibility index (Phi) is 5.22. The molecule has 0 atom stereocenters. The van der Waals surface area contributed by atoms with Gasteiger partial charge in [0.1, 0.15) is 22.7 Å². The summed E-state index contributed by atoms with van der Waals surface area (Å²) in [6.07, 6.45) is 0. The Bertz CT molecular complexity index is 982. The Morgan fingerprint density at radius 2 is 1.04 bits per heavy atom. The topological polar surface area (TPSA) is 44.7 Å². The van der Waals surface area contributed by atoms with E-state index in [2.05, 4.69) is 53.7 Å². The molecule has 3 aromatic rings. The Hall–Kier alpha value is -2.06. The summed E-state index contributed by atoms with van der Waals surface area (Å²) >= 11 is 0. The number of fused-ring (bicyclic) bond motifs is 3. The van der Waals surface area contributed by atoms with Crippen molar-refractivity contribution in [3.63, 3.8) is 0 Å². The predicted octanol–water partition coefficient (Wildman–Crippen LogP) is 7.44. The van der Waals surface area contributed by atoms with Crippen molar-refractivity contribution in [1.29, 1.82) is 0 Å². The molecule has 28 heavy (non-hydrogen) atoms. The van der Waals surface area contributed by atoms with Crippen molar-refractivity contribution in [2.24, 2.45) is 6.66 Å². The lowest BCUT2D eigenvalue weighted by Gasteiger charge is -2.21. The van der Waals surface area contributed by atoms with Gasteiger partial charge in [-0.1, -0.05) is 41.5 Å². The van der Waals surface area contributed by atoms with Gasteiger partial charge in [-0.05, 0) is 35.1 Å². The maximum atomic E-state index is 6.38. The van der Waals surface area contributed by atoms with Crippen molar-refractivity contribution in [2.75, 3.05) is 14.2 Å². The van der Waals surface area contributed by atoms with Gasteiger partial charge in [0.25, 0.3) is 0 Å². The van der Waals surface area contributed by atoms with Crippen LogP contribution in [0.4, 0.5) is 0 Å².